The summed E-state index contributed by atoms with van der Waals surface area (Å²) in [6.45, 7) is 1.89. The fourth-order valence-corrected chi connectivity index (χ4v) is 1.10. The van der Waals surface area contributed by atoms with Crippen LogP contribution in [0.15, 0.2) is 16.1 Å². The Morgan fingerprint density at radius 3 is 3.00 bits per heavy atom. The number of nitrogens with zero attached hydrogens (tertiary/aromatic N) is 1. The molecule has 0 atom stereocenters. The molecule has 5 nitrogen and oxygen atoms in total. The number of rotatable bonds is 3. The van der Waals surface area contributed by atoms with Crippen LogP contribution in [0.1, 0.15) is 17.3 Å². The van der Waals surface area contributed by atoms with Crippen molar-refractivity contribution in [2.24, 2.45) is 0 Å². The summed E-state index contributed by atoms with van der Waals surface area (Å²) in [6, 6.07) is 0. The maximum atomic E-state index is 11.3. The van der Waals surface area contributed by atoms with Crippen LogP contribution in [-0.2, 0) is 4.74 Å². The lowest BCUT2D eigenvalue weighted by atomic mass is 10.3. The molecule has 1 aromatic rings. The minimum atomic E-state index is -0.665. The van der Waals surface area contributed by atoms with Gasteiger partial charge in [-0.2, -0.15) is 0 Å². The molecule has 0 unspecified atom stereocenters. The quantitative estimate of drug-likeness (QED) is 0.457. The number of aromatic nitrogens is 2. The first-order valence-electron chi connectivity index (χ1n) is 3.87. The van der Waals surface area contributed by atoms with Crippen LogP contribution in [0.25, 0.3) is 0 Å². The predicted molar refractivity (Wildman–Crippen MR) is 52.0 cm³/mol. The predicted octanol–water partition coefficient (Wildman–Crippen LogP) is 0.830. The summed E-state index contributed by atoms with van der Waals surface area (Å²) >= 11 is 1.05. The Balaban J connectivity index is 3.00. The Kier molecular flexibility index (Phi) is 3.70. The van der Waals surface area contributed by atoms with Crippen LogP contribution < -0.4 is 5.56 Å². The second kappa shape index (κ2) is 4.80. The van der Waals surface area contributed by atoms with Gasteiger partial charge in [0.2, 0.25) is 0 Å². The molecule has 14 heavy (non-hydrogen) atoms. The number of ether oxygens (including phenoxy) is 1. The molecule has 0 amide bonds. The number of carbonyl (C=O) groups excluding carboxylic acids is 1. The van der Waals surface area contributed by atoms with E-state index in [0.29, 0.717) is 5.16 Å². The van der Waals surface area contributed by atoms with Crippen molar-refractivity contribution in [2.75, 3.05) is 6.61 Å². The average Bonchev–Trinajstić information content (AvgIpc) is 2.17. The van der Waals surface area contributed by atoms with E-state index in [-0.39, 0.29) is 12.2 Å². The lowest BCUT2D eigenvalue weighted by Crippen LogP contribution is -2.20. The van der Waals surface area contributed by atoms with E-state index in [9.17, 15) is 9.59 Å². The summed E-state index contributed by atoms with van der Waals surface area (Å²) < 4.78 is 4.66. The van der Waals surface area contributed by atoms with Gasteiger partial charge in [-0.05, 0) is 6.92 Å². The summed E-state index contributed by atoms with van der Waals surface area (Å²) in [7, 11) is 0. The Hall–Kier alpha value is -1.30. The molecule has 1 heterocycles. The Labute approximate surface area is 84.9 Å². The molecule has 0 aliphatic heterocycles. The molecule has 1 N–H and O–H groups in total. The number of hydrogen-bond acceptors (Lipinski definition) is 5. The van der Waals surface area contributed by atoms with E-state index in [2.05, 4.69) is 21.0 Å². The average molecular weight is 213 g/mol. The lowest BCUT2D eigenvalue weighted by molar-refractivity contribution is 0.0523. The van der Waals surface area contributed by atoms with E-state index in [4.69, 9.17) is 0 Å². The number of nitrogens with one attached hydrogen (secondary N) is 1. The minimum absolute atomic E-state index is 0.0929. The molecule has 6 heteroatoms. The van der Waals surface area contributed by atoms with Crippen LogP contribution >= 0.6 is 11.8 Å². The van der Waals surface area contributed by atoms with Gasteiger partial charge in [-0.1, -0.05) is 11.8 Å². The standard InChI is InChI=1S/C8H9N2O3S/c1-3-13-7(12)5-4-9-8(14-2)10-6(5)11/h4H,2-3H2,1H3,(H,9,10,11). The molecule has 0 spiro atoms. The third-order valence-corrected chi connectivity index (χ3v) is 1.89. The zero-order valence-electron chi connectivity index (χ0n) is 7.57. The second-order valence-corrected chi connectivity index (χ2v) is 2.97. The zero-order chi connectivity index (χ0) is 10.6. The number of hydrogen-bond donors (Lipinski definition) is 1. The number of aromatic amines is 1. The summed E-state index contributed by atoms with van der Waals surface area (Å²) in [5.41, 5.74) is -0.603. The summed E-state index contributed by atoms with van der Waals surface area (Å²) in [5.74, 6) is -0.665. The number of esters is 1. The van der Waals surface area contributed by atoms with Crippen LogP contribution in [0, 0.1) is 6.26 Å². The van der Waals surface area contributed by atoms with Crippen molar-refractivity contribution in [3.05, 3.63) is 28.4 Å². The van der Waals surface area contributed by atoms with E-state index >= 15 is 0 Å². The van der Waals surface area contributed by atoms with Crippen molar-refractivity contribution in [2.45, 2.75) is 12.1 Å². The molecular formula is C8H9N2O3S. The molecule has 0 saturated heterocycles. The third-order valence-electron chi connectivity index (χ3n) is 1.41. The number of thioether (sulfide) groups is 1. The van der Waals surface area contributed by atoms with E-state index < -0.39 is 11.5 Å². The van der Waals surface area contributed by atoms with Gasteiger partial charge < -0.3 is 9.72 Å². The second-order valence-electron chi connectivity index (χ2n) is 2.30. The summed E-state index contributed by atoms with van der Waals surface area (Å²) in [5, 5.41) is 0.364. The normalized spacial score (nSPS) is 9.86. The largest absolute Gasteiger partial charge is 0.462 e. The highest BCUT2D eigenvalue weighted by atomic mass is 32.2. The van der Waals surface area contributed by atoms with Gasteiger partial charge in [0.25, 0.3) is 5.56 Å². The van der Waals surface area contributed by atoms with Crippen molar-refractivity contribution in [1.82, 2.24) is 9.97 Å². The first kappa shape index (κ1) is 10.8. The molecule has 0 fully saturated rings. The van der Waals surface area contributed by atoms with Crippen LogP contribution in [-0.4, -0.2) is 22.5 Å². The highest BCUT2D eigenvalue weighted by Gasteiger charge is 2.12. The molecule has 75 valence electrons. The Morgan fingerprint density at radius 2 is 2.50 bits per heavy atom. The first-order chi connectivity index (χ1) is 6.69. The molecule has 0 aromatic carbocycles. The van der Waals surface area contributed by atoms with E-state index in [1.54, 1.807) is 6.92 Å². The van der Waals surface area contributed by atoms with Gasteiger partial charge in [0.05, 0.1) is 6.61 Å². The van der Waals surface area contributed by atoms with E-state index in [0.717, 1.165) is 11.8 Å². The summed E-state index contributed by atoms with van der Waals surface area (Å²) in [6.07, 6.45) is 4.66. The van der Waals surface area contributed by atoms with Gasteiger partial charge >= 0.3 is 5.97 Å². The summed E-state index contributed by atoms with van der Waals surface area (Å²) in [4.78, 5) is 28.6. The third kappa shape index (κ3) is 2.35. The molecular weight excluding hydrogens is 204 g/mol. The van der Waals surface area contributed by atoms with E-state index in [1.165, 1.54) is 6.20 Å². The van der Waals surface area contributed by atoms with Gasteiger partial charge in [-0.25, -0.2) is 9.78 Å². The van der Waals surface area contributed by atoms with Gasteiger partial charge in [0.15, 0.2) is 5.16 Å². The maximum absolute atomic E-state index is 11.3. The smallest absolute Gasteiger partial charge is 0.345 e. The van der Waals surface area contributed by atoms with Gasteiger partial charge in [0, 0.05) is 12.5 Å². The van der Waals surface area contributed by atoms with Gasteiger partial charge in [-0.3, -0.25) is 4.79 Å². The Morgan fingerprint density at radius 1 is 1.79 bits per heavy atom. The fourth-order valence-electron chi connectivity index (χ4n) is 0.806. The van der Waals surface area contributed by atoms with Crippen molar-refractivity contribution >= 4 is 17.7 Å². The van der Waals surface area contributed by atoms with Crippen LogP contribution in [0.5, 0.6) is 0 Å². The molecule has 1 rings (SSSR count). The SMILES string of the molecule is [CH2]Sc1ncc(C(=O)OCC)c(=O)[nH]1. The van der Waals surface area contributed by atoms with Gasteiger partial charge in [0.1, 0.15) is 5.56 Å². The number of carbonyl (C=O) groups is 1. The first-order valence-corrected chi connectivity index (χ1v) is 4.86. The monoisotopic (exact) mass is 213 g/mol. The molecule has 0 aliphatic carbocycles. The van der Waals surface area contributed by atoms with Crippen LogP contribution in [0.2, 0.25) is 0 Å². The molecule has 1 radical (unpaired) electrons. The van der Waals surface area contributed by atoms with Crippen molar-refractivity contribution in [1.29, 1.82) is 0 Å². The molecule has 0 saturated carbocycles. The van der Waals surface area contributed by atoms with Crippen LogP contribution in [0.4, 0.5) is 0 Å². The van der Waals surface area contributed by atoms with Crippen LogP contribution in [0.3, 0.4) is 0 Å². The molecule has 0 aliphatic rings. The lowest BCUT2D eigenvalue weighted by Gasteiger charge is -2.00. The molecule has 0 bridgehead atoms. The highest BCUT2D eigenvalue weighted by Crippen LogP contribution is 2.06. The molecule has 1 aromatic heterocycles. The van der Waals surface area contributed by atoms with Crippen molar-refractivity contribution in [3.63, 3.8) is 0 Å². The zero-order valence-corrected chi connectivity index (χ0v) is 8.39. The van der Waals surface area contributed by atoms with E-state index in [1.807, 2.05) is 0 Å². The van der Waals surface area contributed by atoms with Gasteiger partial charge in [-0.15, -0.1) is 0 Å². The highest BCUT2D eigenvalue weighted by molar-refractivity contribution is 8.00. The fraction of sp³-hybridized carbons (Fsp3) is 0.250. The number of H-pyrrole nitrogens is 1. The minimum Gasteiger partial charge on any atom is -0.462 e. The van der Waals surface area contributed by atoms with Crippen molar-refractivity contribution < 1.29 is 9.53 Å². The maximum Gasteiger partial charge on any atom is 0.345 e. The topological polar surface area (TPSA) is 72.0 Å². The van der Waals surface area contributed by atoms with Crippen molar-refractivity contribution in [3.8, 4) is 0 Å². The Bertz CT molecular complexity index is 388.